The average Bonchev–Trinajstić information content (AvgIpc) is 2.11. The standard InChI is InChI=1S/C12H28N.H2O/c1-5-7-8-9-10-11-12-13(3,4)6-2;/h5-12H2,1-4H3;1H2/q+1;/p-1. The van der Waals surface area contributed by atoms with E-state index in [1.54, 1.807) is 0 Å². The van der Waals surface area contributed by atoms with E-state index in [0.717, 1.165) is 0 Å². The lowest BCUT2D eigenvalue weighted by atomic mass is 10.1. The Balaban J connectivity index is 0. The van der Waals surface area contributed by atoms with Crippen LogP contribution in [-0.4, -0.2) is 37.1 Å². The fraction of sp³-hybridized carbons (Fsp3) is 1.00. The van der Waals surface area contributed by atoms with Crippen molar-refractivity contribution in [3.63, 3.8) is 0 Å². The van der Waals surface area contributed by atoms with Crippen molar-refractivity contribution >= 4 is 0 Å². The highest BCUT2D eigenvalue weighted by atomic mass is 16.0. The molecular weight excluding hydrogens is 174 g/mol. The molecule has 0 aliphatic carbocycles. The molecule has 0 radical (unpaired) electrons. The second kappa shape index (κ2) is 9.47. The zero-order valence-corrected chi connectivity index (χ0v) is 10.6. The molecule has 0 unspecified atom stereocenters. The van der Waals surface area contributed by atoms with Gasteiger partial charge >= 0.3 is 0 Å². The van der Waals surface area contributed by atoms with Crippen LogP contribution in [0.15, 0.2) is 0 Å². The maximum Gasteiger partial charge on any atom is 0.0782 e. The van der Waals surface area contributed by atoms with E-state index < -0.39 is 0 Å². The topological polar surface area (TPSA) is 30.0 Å². The lowest BCUT2D eigenvalue weighted by Gasteiger charge is -2.28. The number of unbranched alkanes of at least 4 members (excludes halogenated alkanes) is 5. The van der Waals surface area contributed by atoms with Crippen molar-refractivity contribution < 1.29 is 9.96 Å². The number of rotatable bonds is 8. The summed E-state index contributed by atoms with van der Waals surface area (Å²) < 4.78 is 1.19. The normalized spacial score (nSPS) is 11.1. The van der Waals surface area contributed by atoms with Crippen molar-refractivity contribution in [3.05, 3.63) is 0 Å². The van der Waals surface area contributed by atoms with Crippen LogP contribution in [0.25, 0.3) is 0 Å². The molecular formula is C12H29NO. The Kier molecular flexibility index (Phi) is 11.1. The zero-order chi connectivity index (χ0) is 10.2. The van der Waals surface area contributed by atoms with Gasteiger partial charge in [0.15, 0.2) is 0 Å². The summed E-state index contributed by atoms with van der Waals surface area (Å²) in [5.74, 6) is 0. The Bertz CT molecular complexity index is 113. The van der Waals surface area contributed by atoms with Crippen LogP contribution >= 0.6 is 0 Å². The number of hydrogen-bond acceptors (Lipinski definition) is 1. The van der Waals surface area contributed by atoms with Gasteiger partial charge in [-0.3, -0.25) is 0 Å². The monoisotopic (exact) mass is 203 g/mol. The molecule has 0 spiro atoms. The fourth-order valence-electron chi connectivity index (χ4n) is 1.48. The highest BCUT2D eigenvalue weighted by Gasteiger charge is 2.09. The first-order chi connectivity index (χ1) is 6.12. The first-order valence-corrected chi connectivity index (χ1v) is 5.94. The molecule has 0 heterocycles. The Labute approximate surface area is 90.2 Å². The van der Waals surface area contributed by atoms with Crippen molar-refractivity contribution in [3.8, 4) is 0 Å². The molecule has 0 aromatic heterocycles. The number of hydrogen-bond donors (Lipinski definition) is 0. The van der Waals surface area contributed by atoms with Gasteiger partial charge < -0.3 is 9.96 Å². The molecule has 0 atom stereocenters. The van der Waals surface area contributed by atoms with Gasteiger partial charge in [-0.25, -0.2) is 0 Å². The van der Waals surface area contributed by atoms with Crippen LogP contribution in [0.4, 0.5) is 0 Å². The Morgan fingerprint density at radius 3 is 1.79 bits per heavy atom. The van der Waals surface area contributed by atoms with Crippen molar-refractivity contribution in [1.29, 1.82) is 0 Å². The summed E-state index contributed by atoms with van der Waals surface area (Å²) in [6.07, 6.45) is 8.50. The van der Waals surface area contributed by atoms with E-state index in [2.05, 4.69) is 27.9 Å². The predicted molar refractivity (Wildman–Crippen MR) is 62.8 cm³/mol. The summed E-state index contributed by atoms with van der Waals surface area (Å²) in [4.78, 5) is 0. The van der Waals surface area contributed by atoms with Gasteiger partial charge in [0.25, 0.3) is 0 Å². The van der Waals surface area contributed by atoms with Crippen LogP contribution in [0, 0.1) is 0 Å². The summed E-state index contributed by atoms with van der Waals surface area (Å²) in [5, 5.41) is 0. The summed E-state index contributed by atoms with van der Waals surface area (Å²) in [7, 11) is 4.65. The molecule has 0 aromatic carbocycles. The lowest BCUT2D eigenvalue weighted by molar-refractivity contribution is -0.888. The SMILES string of the molecule is CCCCCCCC[N+](C)(C)CC.[OH-]. The second-order valence-corrected chi connectivity index (χ2v) is 4.74. The van der Waals surface area contributed by atoms with Crippen molar-refractivity contribution in [2.24, 2.45) is 0 Å². The summed E-state index contributed by atoms with van der Waals surface area (Å²) >= 11 is 0. The molecule has 0 bridgehead atoms. The molecule has 0 aliphatic rings. The fourth-order valence-corrected chi connectivity index (χ4v) is 1.48. The lowest BCUT2D eigenvalue weighted by Crippen LogP contribution is -2.39. The van der Waals surface area contributed by atoms with E-state index in [9.17, 15) is 0 Å². The van der Waals surface area contributed by atoms with Crippen LogP contribution in [0.3, 0.4) is 0 Å². The first kappa shape index (κ1) is 16.4. The van der Waals surface area contributed by atoms with Crippen molar-refractivity contribution in [1.82, 2.24) is 0 Å². The third-order valence-electron chi connectivity index (χ3n) is 2.97. The summed E-state index contributed by atoms with van der Waals surface area (Å²) in [6.45, 7) is 7.16. The van der Waals surface area contributed by atoms with Crippen LogP contribution in [-0.2, 0) is 0 Å². The number of quaternary nitrogens is 1. The Morgan fingerprint density at radius 1 is 0.786 bits per heavy atom. The van der Waals surface area contributed by atoms with Crippen LogP contribution in [0.1, 0.15) is 52.4 Å². The van der Waals surface area contributed by atoms with E-state index in [4.69, 9.17) is 0 Å². The molecule has 0 aromatic rings. The Morgan fingerprint density at radius 2 is 1.29 bits per heavy atom. The van der Waals surface area contributed by atoms with Crippen LogP contribution in [0.5, 0.6) is 0 Å². The molecule has 1 N–H and O–H groups in total. The van der Waals surface area contributed by atoms with Gasteiger partial charge in [0.05, 0.1) is 27.2 Å². The van der Waals surface area contributed by atoms with Crippen LogP contribution in [0.2, 0.25) is 0 Å². The van der Waals surface area contributed by atoms with Gasteiger partial charge in [-0.05, 0) is 19.8 Å². The average molecular weight is 203 g/mol. The third-order valence-corrected chi connectivity index (χ3v) is 2.97. The maximum atomic E-state index is 2.33. The minimum atomic E-state index is 0. The van der Waals surface area contributed by atoms with Crippen LogP contribution < -0.4 is 0 Å². The van der Waals surface area contributed by atoms with Gasteiger partial charge in [-0.15, -0.1) is 0 Å². The van der Waals surface area contributed by atoms with E-state index >= 15 is 0 Å². The van der Waals surface area contributed by atoms with Gasteiger partial charge in [0.1, 0.15) is 0 Å². The Hall–Kier alpha value is -0.0800. The van der Waals surface area contributed by atoms with Gasteiger partial charge in [0.2, 0.25) is 0 Å². The molecule has 0 fully saturated rings. The summed E-state index contributed by atoms with van der Waals surface area (Å²) in [5.41, 5.74) is 0. The molecule has 0 saturated carbocycles. The smallest absolute Gasteiger partial charge is 0.0782 e. The largest absolute Gasteiger partial charge is 0.870 e. The second-order valence-electron chi connectivity index (χ2n) is 4.74. The van der Waals surface area contributed by atoms with E-state index in [0.29, 0.717) is 0 Å². The molecule has 0 aliphatic heterocycles. The molecule has 2 heteroatoms. The maximum absolute atomic E-state index is 2.33. The minimum absolute atomic E-state index is 0. The minimum Gasteiger partial charge on any atom is -0.870 e. The van der Waals surface area contributed by atoms with Gasteiger partial charge in [-0.1, -0.05) is 32.6 Å². The third kappa shape index (κ3) is 10.0. The van der Waals surface area contributed by atoms with E-state index in [1.807, 2.05) is 0 Å². The van der Waals surface area contributed by atoms with E-state index in [-0.39, 0.29) is 5.48 Å². The molecule has 0 saturated heterocycles. The molecule has 0 amide bonds. The highest BCUT2D eigenvalue weighted by molar-refractivity contribution is 4.43. The molecule has 88 valence electrons. The van der Waals surface area contributed by atoms with E-state index in [1.165, 1.54) is 56.1 Å². The van der Waals surface area contributed by atoms with Gasteiger partial charge in [0, 0.05) is 0 Å². The predicted octanol–water partition coefficient (Wildman–Crippen LogP) is 3.27. The quantitative estimate of drug-likeness (QED) is 0.440. The molecule has 2 nitrogen and oxygen atoms in total. The summed E-state index contributed by atoms with van der Waals surface area (Å²) in [6, 6.07) is 0. The molecule has 14 heavy (non-hydrogen) atoms. The van der Waals surface area contributed by atoms with Crippen molar-refractivity contribution in [2.75, 3.05) is 27.2 Å². The first-order valence-electron chi connectivity index (χ1n) is 5.94. The molecule has 0 rings (SSSR count). The number of nitrogens with zero attached hydrogens (tertiary/aromatic N) is 1. The highest BCUT2D eigenvalue weighted by Crippen LogP contribution is 2.07. The van der Waals surface area contributed by atoms with Gasteiger partial charge in [-0.2, -0.15) is 0 Å². The van der Waals surface area contributed by atoms with Crippen molar-refractivity contribution in [2.45, 2.75) is 52.4 Å². The zero-order valence-electron chi connectivity index (χ0n) is 10.6.